The number of carbonyl (C=O) groups excluding carboxylic acids is 1. The Morgan fingerprint density at radius 2 is 1.80 bits per heavy atom. The molecule has 160 valence electrons. The molecule has 2 fully saturated rings. The Labute approximate surface area is 180 Å². The molecule has 0 radical (unpaired) electrons. The van der Waals surface area contributed by atoms with Gasteiger partial charge in [0.2, 0.25) is 10.0 Å². The van der Waals surface area contributed by atoms with Gasteiger partial charge in [-0.15, -0.1) is 11.8 Å². The van der Waals surface area contributed by atoms with Gasteiger partial charge in [0.15, 0.2) is 0 Å². The highest BCUT2D eigenvalue weighted by molar-refractivity contribution is 8.00. The molecular formula is C21H23FN2O4S2. The van der Waals surface area contributed by atoms with Gasteiger partial charge >= 0.3 is 0 Å². The Balaban J connectivity index is 1.50. The lowest BCUT2D eigenvalue weighted by Gasteiger charge is -2.43. The van der Waals surface area contributed by atoms with Gasteiger partial charge in [0.1, 0.15) is 11.6 Å². The standard InChI is InChI=1S/C21H23FN2O4S2/c1-28-18-5-7-19(8-6-18)30(26,27)23-11-9-21(10-12-23)24(13-14-29-21)20(25)16-3-2-4-17(22)15-16/h2-8,15H,9-14H2,1H3. The summed E-state index contributed by atoms with van der Waals surface area (Å²) >= 11 is 1.69. The molecule has 0 unspecified atom stereocenters. The van der Waals surface area contributed by atoms with E-state index in [-0.39, 0.29) is 10.8 Å². The van der Waals surface area contributed by atoms with Gasteiger partial charge in [-0.25, -0.2) is 12.8 Å². The largest absolute Gasteiger partial charge is 0.497 e. The smallest absolute Gasteiger partial charge is 0.255 e. The summed E-state index contributed by atoms with van der Waals surface area (Å²) in [6.07, 6.45) is 1.07. The first-order chi connectivity index (χ1) is 14.4. The van der Waals surface area contributed by atoms with Gasteiger partial charge in [-0.05, 0) is 55.3 Å². The summed E-state index contributed by atoms with van der Waals surface area (Å²) in [4.78, 5) is 14.6. The highest BCUT2D eigenvalue weighted by Gasteiger charge is 2.48. The normalized spacial score (nSPS) is 19.2. The molecule has 0 aliphatic carbocycles. The van der Waals surface area contributed by atoms with E-state index in [0.29, 0.717) is 43.8 Å². The molecular weight excluding hydrogens is 427 g/mol. The summed E-state index contributed by atoms with van der Waals surface area (Å²) in [5.41, 5.74) is 0.324. The molecule has 1 spiro atoms. The molecule has 9 heteroatoms. The zero-order valence-corrected chi connectivity index (χ0v) is 18.2. The van der Waals surface area contributed by atoms with Gasteiger partial charge in [0.25, 0.3) is 5.91 Å². The predicted octanol–water partition coefficient (Wildman–Crippen LogP) is 3.20. The van der Waals surface area contributed by atoms with Crippen LogP contribution in [0.1, 0.15) is 23.2 Å². The van der Waals surface area contributed by atoms with Crippen molar-refractivity contribution in [3.8, 4) is 5.75 Å². The van der Waals surface area contributed by atoms with Crippen molar-refractivity contribution in [3.05, 3.63) is 59.9 Å². The van der Waals surface area contributed by atoms with Gasteiger partial charge < -0.3 is 9.64 Å². The van der Waals surface area contributed by atoms with Crippen LogP contribution in [-0.2, 0) is 10.0 Å². The van der Waals surface area contributed by atoms with Crippen molar-refractivity contribution in [2.45, 2.75) is 22.6 Å². The average Bonchev–Trinajstić information content (AvgIpc) is 3.16. The van der Waals surface area contributed by atoms with Gasteiger partial charge in [-0.1, -0.05) is 6.07 Å². The number of amides is 1. The number of methoxy groups -OCH3 is 1. The number of carbonyl (C=O) groups is 1. The van der Waals surface area contributed by atoms with Crippen LogP contribution in [0.4, 0.5) is 4.39 Å². The number of benzene rings is 2. The number of halogens is 1. The topological polar surface area (TPSA) is 66.9 Å². The lowest BCUT2D eigenvalue weighted by Crippen LogP contribution is -2.53. The third-order valence-electron chi connectivity index (χ3n) is 5.70. The van der Waals surface area contributed by atoms with E-state index in [1.54, 1.807) is 47.0 Å². The maximum atomic E-state index is 13.6. The molecule has 2 aliphatic heterocycles. The van der Waals surface area contributed by atoms with Crippen molar-refractivity contribution in [2.75, 3.05) is 32.5 Å². The average molecular weight is 451 g/mol. The van der Waals surface area contributed by atoms with Crippen LogP contribution in [-0.4, -0.2) is 60.9 Å². The van der Waals surface area contributed by atoms with Gasteiger partial charge in [-0.3, -0.25) is 4.79 Å². The zero-order valence-electron chi connectivity index (χ0n) is 16.6. The van der Waals surface area contributed by atoms with E-state index in [9.17, 15) is 17.6 Å². The molecule has 2 saturated heterocycles. The molecule has 0 bridgehead atoms. The van der Waals surface area contributed by atoms with E-state index >= 15 is 0 Å². The van der Waals surface area contributed by atoms with E-state index in [1.807, 2.05) is 0 Å². The quantitative estimate of drug-likeness (QED) is 0.716. The van der Waals surface area contributed by atoms with Crippen LogP contribution in [0.15, 0.2) is 53.4 Å². The van der Waals surface area contributed by atoms with E-state index < -0.39 is 20.7 Å². The van der Waals surface area contributed by atoms with Crippen LogP contribution in [0.2, 0.25) is 0 Å². The van der Waals surface area contributed by atoms with Crippen molar-refractivity contribution in [1.29, 1.82) is 0 Å². The number of ether oxygens (including phenoxy) is 1. The Bertz CT molecular complexity index is 1040. The number of hydrogen-bond acceptors (Lipinski definition) is 5. The molecule has 2 heterocycles. The first-order valence-electron chi connectivity index (χ1n) is 9.71. The third-order valence-corrected chi connectivity index (χ3v) is 9.16. The second-order valence-electron chi connectivity index (χ2n) is 7.34. The van der Waals surface area contributed by atoms with Crippen LogP contribution >= 0.6 is 11.8 Å². The fourth-order valence-corrected chi connectivity index (χ4v) is 6.96. The minimum atomic E-state index is -3.61. The van der Waals surface area contributed by atoms with E-state index in [2.05, 4.69) is 0 Å². The van der Waals surface area contributed by atoms with E-state index in [0.717, 1.165) is 5.75 Å². The fraction of sp³-hybridized carbons (Fsp3) is 0.381. The van der Waals surface area contributed by atoms with E-state index in [4.69, 9.17) is 4.74 Å². The maximum absolute atomic E-state index is 13.6. The Kier molecular flexibility index (Phi) is 5.78. The molecule has 1 amide bonds. The lowest BCUT2D eigenvalue weighted by atomic mass is 10.0. The minimum Gasteiger partial charge on any atom is -0.497 e. The number of rotatable bonds is 4. The van der Waals surface area contributed by atoms with Crippen molar-refractivity contribution in [3.63, 3.8) is 0 Å². The zero-order chi connectivity index (χ0) is 21.4. The summed E-state index contributed by atoms with van der Waals surface area (Å²) in [5.74, 6) is 0.736. The highest BCUT2D eigenvalue weighted by atomic mass is 32.2. The molecule has 2 aliphatic rings. The van der Waals surface area contributed by atoms with Crippen LogP contribution in [0.5, 0.6) is 5.75 Å². The van der Waals surface area contributed by atoms with Gasteiger partial charge in [-0.2, -0.15) is 4.31 Å². The third kappa shape index (κ3) is 3.81. The molecule has 0 aromatic heterocycles. The Morgan fingerprint density at radius 3 is 2.43 bits per heavy atom. The number of thioether (sulfide) groups is 1. The summed E-state index contributed by atoms with van der Waals surface area (Å²) in [5, 5.41) is 0. The van der Waals surface area contributed by atoms with Crippen LogP contribution < -0.4 is 4.74 Å². The van der Waals surface area contributed by atoms with Gasteiger partial charge in [0.05, 0.1) is 16.9 Å². The van der Waals surface area contributed by atoms with Crippen molar-refractivity contribution in [1.82, 2.24) is 9.21 Å². The Hall–Kier alpha value is -2.10. The molecule has 6 nitrogen and oxygen atoms in total. The summed E-state index contributed by atoms with van der Waals surface area (Å²) in [7, 11) is -2.08. The SMILES string of the molecule is COc1ccc(S(=O)(=O)N2CCC3(CC2)SCCN3C(=O)c2cccc(F)c2)cc1. The maximum Gasteiger partial charge on any atom is 0.255 e. The van der Waals surface area contributed by atoms with Crippen molar-refractivity contribution in [2.24, 2.45) is 0 Å². The number of nitrogens with zero attached hydrogens (tertiary/aromatic N) is 2. The van der Waals surface area contributed by atoms with E-state index in [1.165, 1.54) is 29.6 Å². The number of piperidine rings is 1. The van der Waals surface area contributed by atoms with Crippen LogP contribution in [0.25, 0.3) is 0 Å². The summed E-state index contributed by atoms with van der Waals surface area (Å²) in [6.45, 7) is 1.23. The summed E-state index contributed by atoms with van der Waals surface area (Å²) in [6, 6.07) is 12.1. The van der Waals surface area contributed by atoms with Crippen molar-refractivity contribution < 1.29 is 22.3 Å². The molecule has 2 aromatic carbocycles. The molecule has 0 saturated carbocycles. The molecule has 30 heavy (non-hydrogen) atoms. The van der Waals surface area contributed by atoms with Crippen molar-refractivity contribution >= 4 is 27.7 Å². The van der Waals surface area contributed by atoms with Crippen LogP contribution in [0, 0.1) is 5.82 Å². The highest BCUT2D eigenvalue weighted by Crippen LogP contribution is 2.45. The Morgan fingerprint density at radius 1 is 1.10 bits per heavy atom. The second-order valence-corrected chi connectivity index (χ2v) is 10.7. The predicted molar refractivity (Wildman–Crippen MR) is 114 cm³/mol. The van der Waals surface area contributed by atoms with Crippen LogP contribution in [0.3, 0.4) is 0 Å². The second kappa shape index (κ2) is 8.20. The first-order valence-corrected chi connectivity index (χ1v) is 12.1. The number of hydrogen-bond donors (Lipinski definition) is 0. The molecule has 0 atom stereocenters. The monoisotopic (exact) mass is 450 g/mol. The molecule has 4 rings (SSSR count). The summed E-state index contributed by atoms with van der Waals surface area (Å²) < 4.78 is 46.2. The van der Waals surface area contributed by atoms with Gasteiger partial charge in [0, 0.05) is 31.0 Å². The molecule has 2 aromatic rings. The fourth-order valence-electron chi connectivity index (χ4n) is 4.06. The lowest BCUT2D eigenvalue weighted by molar-refractivity contribution is 0.0604. The minimum absolute atomic E-state index is 0.203. The molecule has 0 N–H and O–H groups in total. The number of sulfonamides is 1. The first kappa shape index (κ1) is 21.1.